The topological polar surface area (TPSA) is 26.0 Å². The molecule has 1 aromatic rings. The normalized spacial score (nSPS) is 10.9. The molecule has 1 aromatic carbocycles. The Morgan fingerprint density at radius 1 is 1.21 bits per heavy atom. The zero-order chi connectivity index (χ0) is 10.1. The van der Waals surface area contributed by atoms with Crippen molar-refractivity contribution in [2.75, 3.05) is 0 Å². The maximum absolute atomic E-state index is 12.8. The minimum atomic E-state index is -4.54. The van der Waals surface area contributed by atoms with Crippen LogP contribution in [0.3, 0.4) is 0 Å². The van der Waals surface area contributed by atoms with E-state index in [2.05, 4.69) is 0 Å². The summed E-state index contributed by atoms with van der Waals surface area (Å²) in [7, 11) is 0. The molecule has 0 amide bonds. The Hall–Kier alpha value is -0.810. The maximum Gasteiger partial charge on any atom is 0.416 e. The van der Waals surface area contributed by atoms with E-state index in [1.165, 1.54) is 0 Å². The Balaban J connectivity index is 0.00000169. The van der Waals surface area contributed by atoms with Crippen LogP contribution < -0.4 is 5.73 Å². The van der Waals surface area contributed by atoms with E-state index in [1.807, 2.05) is 0 Å². The lowest BCUT2D eigenvalue weighted by atomic mass is 10.1. The Morgan fingerprint density at radius 2 is 1.79 bits per heavy atom. The molecule has 1 nitrogen and oxygen atoms in total. The lowest BCUT2D eigenvalue weighted by Crippen LogP contribution is -2.13. The van der Waals surface area contributed by atoms with Gasteiger partial charge < -0.3 is 5.73 Å². The molecule has 0 aliphatic carbocycles. The van der Waals surface area contributed by atoms with Gasteiger partial charge in [0.05, 0.1) is 5.56 Å². The van der Waals surface area contributed by atoms with Crippen LogP contribution in [0.4, 0.5) is 17.6 Å². The molecule has 0 aromatic heterocycles. The van der Waals surface area contributed by atoms with Crippen LogP contribution in [0.15, 0.2) is 18.2 Å². The Bertz CT molecular complexity index is 311. The first-order valence-electron chi connectivity index (χ1n) is 3.51. The number of rotatable bonds is 1. The molecule has 0 unspecified atom stereocenters. The van der Waals surface area contributed by atoms with Gasteiger partial charge in [0, 0.05) is 12.1 Å². The number of halogens is 5. The van der Waals surface area contributed by atoms with Crippen molar-refractivity contribution in [2.24, 2.45) is 5.73 Å². The fraction of sp³-hybridized carbons (Fsp3) is 0.250. The standard InChI is InChI=1S/C8H7F4N.ClH/c9-7-3-1-2-6(5(7)4-13)8(10,11)12;/h1-3H,4,13H2;1H. The van der Waals surface area contributed by atoms with Gasteiger partial charge in [-0.05, 0) is 12.1 Å². The van der Waals surface area contributed by atoms with Crippen molar-refractivity contribution in [3.63, 3.8) is 0 Å². The smallest absolute Gasteiger partial charge is 0.326 e. The van der Waals surface area contributed by atoms with E-state index in [-0.39, 0.29) is 12.4 Å². The van der Waals surface area contributed by atoms with Crippen LogP contribution >= 0.6 is 12.4 Å². The molecule has 0 saturated carbocycles. The molecule has 2 N–H and O–H groups in total. The maximum atomic E-state index is 12.8. The predicted octanol–water partition coefficient (Wildman–Crippen LogP) is 2.73. The summed E-state index contributed by atoms with van der Waals surface area (Å²) in [5, 5.41) is 0. The third kappa shape index (κ3) is 2.59. The van der Waals surface area contributed by atoms with E-state index in [9.17, 15) is 17.6 Å². The van der Waals surface area contributed by atoms with Crippen molar-refractivity contribution in [3.8, 4) is 0 Å². The second kappa shape index (κ2) is 4.61. The fourth-order valence-electron chi connectivity index (χ4n) is 1.03. The van der Waals surface area contributed by atoms with Crippen LogP contribution in [-0.4, -0.2) is 0 Å². The molecule has 0 fully saturated rings. The molecule has 0 bridgehead atoms. The molecule has 0 aliphatic rings. The van der Waals surface area contributed by atoms with Gasteiger partial charge in [-0.15, -0.1) is 12.4 Å². The molecule has 14 heavy (non-hydrogen) atoms. The van der Waals surface area contributed by atoms with Gasteiger partial charge in [-0.3, -0.25) is 0 Å². The summed E-state index contributed by atoms with van der Waals surface area (Å²) in [6.45, 7) is -0.457. The Morgan fingerprint density at radius 3 is 2.14 bits per heavy atom. The van der Waals surface area contributed by atoms with Gasteiger partial charge in [-0.2, -0.15) is 13.2 Å². The van der Waals surface area contributed by atoms with Gasteiger partial charge in [0.2, 0.25) is 0 Å². The third-order valence-corrected chi connectivity index (χ3v) is 1.63. The molecule has 0 aliphatic heterocycles. The van der Waals surface area contributed by atoms with E-state index in [4.69, 9.17) is 5.73 Å². The minimum absolute atomic E-state index is 0. The number of hydrogen-bond donors (Lipinski definition) is 1. The zero-order valence-corrected chi connectivity index (χ0v) is 7.75. The van der Waals surface area contributed by atoms with Gasteiger partial charge in [0.1, 0.15) is 5.82 Å². The summed E-state index contributed by atoms with van der Waals surface area (Å²) in [6.07, 6.45) is -4.54. The van der Waals surface area contributed by atoms with Crippen molar-refractivity contribution < 1.29 is 17.6 Å². The fourth-order valence-corrected chi connectivity index (χ4v) is 1.03. The molecule has 0 radical (unpaired) electrons. The minimum Gasteiger partial charge on any atom is -0.326 e. The lowest BCUT2D eigenvalue weighted by molar-refractivity contribution is -0.138. The van der Waals surface area contributed by atoms with Gasteiger partial charge in [0.15, 0.2) is 0 Å². The zero-order valence-electron chi connectivity index (χ0n) is 6.94. The van der Waals surface area contributed by atoms with Crippen molar-refractivity contribution in [2.45, 2.75) is 12.7 Å². The van der Waals surface area contributed by atoms with Crippen molar-refractivity contribution in [1.82, 2.24) is 0 Å². The number of alkyl halides is 3. The van der Waals surface area contributed by atoms with Crippen LogP contribution in [0.5, 0.6) is 0 Å². The first-order valence-corrected chi connectivity index (χ1v) is 3.51. The molecule has 0 heterocycles. The van der Waals surface area contributed by atoms with Crippen LogP contribution in [0.1, 0.15) is 11.1 Å². The predicted molar refractivity (Wildman–Crippen MR) is 46.5 cm³/mol. The van der Waals surface area contributed by atoms with Gasteiger partial charge in [0.25, 0.3) is 0 Å². The third-order valence-electron chi connectivity index (χ3n) is 1.63. The Kier molecular flexibility index (Phi) is 4.35. The Labute approximate surface area is 84.3 Å². The molecule has 80 valence electrons. The van der Waals surface area contributed by atoms with Crippen LogP contribution in [0.2, 0.25) is 0 Å². The highest BCUT2D eigenvalue weighted by Gasteiger charge is 2.33. The average Bonchev–Trinajstić information content (AvgIpc) is 2.02. The summed E-state index contributed by atoms with van der Waals surface area (Å²) in [5.41, 5.74) is 3.51. The highest BCUT2D eigenvalue weighted by atomic mass is 35.5. The van der Waals surface area contributed by atoms with Crippen LogP contribution in [-0.2, 0) is 12.7 Å². The quantitative estimate of drug-likeness (QED) is 0.737. The van der Waals surface area contributed by atoms with E-state index in [0.717, 1.165) is 18.2 Å². The van der Waals surface area contributed by atoms with Gasteiger partial charge >= 0.3 is 6.18 Å². The van der Waals surface area contributed by atoms with Crippen molar-refractivity contribution >= 4 is 12.4 Å². The SMILES string of the molecule is Cl.NCc1c(F)cccc1C(F)(F)F. The monoisotopic (exact) mass is 229 g/mol. The largest absolute Gasteiger partial charge is 0.416 e. The second-order valence-corrected chi connectivity index (χ2v) is 2.47. The first kappa shape index (κ1) is 13.2. The summed E-state index contributed by atoms with van der Waals surface area (Å²) in [6, 6.07) is 2.78. The molecule has 1 rings (SSSR count). The van der Waals surface area contributed by atoms with E-state index in [0.29, 0.717) is 0 Å². The van der Waals surface area contributed by atoms with E-state index >= 15 is 0 Å². The average molecular weight is 230 g/mol. The number of nitrogens with two attached hydrogens (primary N) is 1. The molecule has 0 spiro atoms. The molecular formula is C8H8ClF4N. The molecule has 0 atom stereocenters. The lowest BCUT2D eigenvalue weighted by Gasteiger charge is -2.11. The number of hydrogen-bond acceptors (Lipinski definition) is 1. The highest BCUT2D eigenvalue weighted by molar-refractivity contribution is 5.85. The van der Waals surface area contributed by atoms with Gasteiger partial charge in [-0.1, -0.05) is 6.07 Å². The summed E-state index contributed by atoms with van der Waals surface area (Å²) < 4.78 is 49.4. The summed E-state index contributed by atoms with van der Waals surface area (Å²) in [5.74, 6) is -0.919. The second-order valence-electron chi connectivity index (χ2n) is 2.47. The van der Waals surface area contributed by atoms with Gasteiger partial charge in [-0.25, -0.2) is 4.39 Å². The van der Waals surface area contributed by atoms with E-state index < -0.39 is 29.7 Å². The van der Waals surface area contributed by atoms with Crippen LogP contribution in [0, 0.1) is 5.82 Å². The molecule has 0 saturated heterocycles. The van der Waals surface area contributed by atoms with E-state index in [1.54, 1.807) is 0 Å². The van der Waals surface area contributed by atoms with Crippen molar-refractivity contribution in [3.05, 3.63) is 35.1 Å². The molecule has 6 heteroatoms. The highest BCUT2D eigenvalue weighted by Crippen LogP contribution is 2.32. The van der Waals surface area contributed by atoms with Crippen LogP contribution in [0.25, 0.3) is 0 Å². The first-order chi connectivity index (χ1) is 5.96. The van der Waals surface area contributed by atoms with Crippen molar-refractivity contribution in [1.29, 1.82) is 0 Å². The summed E-state index contributed by atoms with van der Waals surface area (Å²) >= 11 is 0. The number of benzene rings is 1. The molecular weight excluding hydrogens is 222 g/mol. The summed E-state index contributed by atoms with van der Waals surface area (Å²) in [4.78, 5) is 0.